The number of alkyl halides is 2. The van der Waals surface area contributed by atoms with Crippen molar-refractivity contribution < 1.29 is 32.1 Å². The average molecular weight is 421 g/mol. The highest BCUT2D eigenvalue weighted by Gasteiger charge is 2.68. The number of hydrogen-bond donors (Lipinski definition) is 1. The van der Waals surface area contributed by atoms with Gasteiger partial charge in [0.05, 0.1) is 12.8 Å². The van der Waals surface area contributed by atoms with Crippen molar-refractivity contribution in [2.75, 3.05) is 13.2 Å². The number of nitrogens with zero attached hydrogens (tertiary/aromatic N) is 1. The van der Waals surface area contributed by atoms with Crippen molar-refractivity contribution in [3.63, 3.8) is 0 Å². The van der Waals surface area contributed by atoms with Crippen molar-refractivity contribution in [3.05, 3.63) is 83.2 Å². The summed E-state index contributed by atoms with van der Waals surface area (Å²) in [6.45, 7) is -0.452. The number of rotatable bonds is 7. The minimum absolute atomic E-state index is 0.0789. The Labute approximate surface area is 170 Å². The summed E-state index contributed by atoms with van der Waals surface area (Å²) in [5.41, 5.74) is -2.34. The second kappa shape index (κ2) is 7.85. The minimum Gasteiger partial charge on any atom is -0.489 e. The molecule has 1 aromatic carbocycles. The van der Waals surface area contributed by atoms with Gasteiger partial charge in [0.25, 0.3) is 0 Å². The smallest absolute Gasteiger partial charge is 0.324 e. The third kappa shape index (κ3) is 3.73. The van der Waals surface area contributed by atoms with Gasteiger partial charge >= 0.3 is 5.92 Å². The number of aliphatic hydroxyl groups excluding tert-OH is 1. The molecule has 2 aromatic rings. The Bertz CT molecular complexity index is 970. The number of benzene rings is 1. The number of aliphatic hydroxyl groups is 1. The lowest BCUT2D eigenvalue weighted by Gasteiger charge is -2.27. The van der Waals surface area contributed by atoms with Crippen LogP contribution < -0.4 is 4.74 Å². The van der Waals surface area contributed by atoms with Gasteiger partial charge in [-0.1, -0.05) is 30.3 Å². The summed E-state index contributed by atoms with van der Waals surface area (Å²) in [6, 6.07) is 11.2. The molecule has 30 heavy (non-hydrogen) atoms. The molecular weight excluding hydrogens is 402 g/mol. The molecule has 0 spiro atoms. The van der Waals surface area contributed by atoms with E-state index in [1.807, 2.05) is 6.07 Å². The molecule has 1 N–H and O–H groups in total. The van der Waals surface area contributed by atoms with E-state index >= 15 is 8.78 Å². The molecule has 1 aromatic heterocycles. The Morgan fingerprint density at radius 1 is 1.13 bits per heavy atom. The van der Waals surface area contributed by atoms with Crippen LogP contribution >= 0.6 is 0 Å². The second-order valence-corrected chi connectivity index (χ2v) is 7.22. The van der Waals surface area contributed by atoms with Crippen LogP contribution in [0.2, 0.25) is 0 Å². The van der Waals surface area contributed by atoms with Crippen molar-refractivity contribution >= 4 is 0 Å². The summed E-state index contributed by atoms with van der Waals surface area (Å²) in [7, 11) is 0. The Balaban J connectivity index is 1.48. The van der Waals surface area contributed by atoms with Gasteiger partial charge in [0.1, 0.15) is 35.8 Å². The maximum absolute atomic E-state index is 15.1. The molecule has 1 fully saturated rings. The van der Waals surface area contributed by atoms with Crippen molar-refractivity contribution in [3.8, 4) is 5.75 Å². The van der Waals surface area contributed by atoms with Gasteiger partial charge in [0, 0.05) is 18.1 Å². The van der Waals surface area contributed by atoms with E-state index < -0.39 is 35.0 Å². The molecule has 1 aliphatic heterocycles. The highest BCUT2D eigenvalue weighted by Crippen LogP contribution is 2.56. The Morgan fingerprint density at radius 3 is 2.47 bits per heavy atom. The van der Waals surface area contributed by atoms with Crippen molar-refractivity contribution in [2.45, 2.75) is 30.5 Å². The zero-order chi connectivity index (χ0) is 21.4. The minimum atomic E-state index is -3.61. The summed E-state index contributed by atoms with van der Waals surface area (Å²) in [5, 5.41) is 10.1. The molecule has 8 heteroatoms. The fourth-order valence-electron chi connectivity index (χ4n) is 3.48. The quantitative estimate of drug-likeness (QED) is 0.509. The van der Waals surface area contributed by atoms with Crippen molar-refractivity contribution in [1.29, 1.82) is 0 Å². The fraction of sp³-hybridized carbons (Fsp3) is 0.318. The molecule has 4 rings (SSSR count). The first-order chi connectivity index (χ1) is 14.3. The van der Waals surface area contributed by atoms with Crippen LogP contribution in [0.5, 0.6) is 5.75 Å². The third-order valence-corrected chi connectivity index (χ3v) is 5.26. The molecule has 158 valence electrons. The number of halogens is 4. The third-order valence-electron chi connectivity index (χ3n) is 5.26. The van der Waals surface area contributed by atoms with Crippen LogP contribution in [0, 0.1) is 0 Å². The van der Waals surface area contributed by atoms with Crippen LogP contribution in [0.4, 0.5) is 17.6 Å². The van der Waals surface area contributed by atoms with Gasteiger partial charge in [-0.25, -0.2) is 8.78 Å². The molecule has 0 amide bonds. The van der Waals surface area contributed by atoms with Gasteiger partial charge in [-0.3, -0.25) is 4.98 Å². The van der Waals surface area contributed by atoms with Crippen LogP contribution in [-0.2, 0) is 10.7 Å². The largest absolute Gasteiger partial charge is 0.489 e. The summed E-state index contributed by atoms with van der Waals surface area (Å²) >= 11 is 0. The van der Waals surface area contributed by atoms with Gasteiger partial charge < -0.3 is 14.6 Å². The molecule has 4 nitrogen and oxygen atoms in total. The number of hydrogen-bond acceptors (Lipinski definition) is 4. The summed E-state index contributed by atoms with van der Waals surface area (Å²) in [5.74, 6) is -5.12. The normalized spacial score (nSPS) is 22.5. The SMILES string of the molecule is OC(COc1ccc(C(F)(F)C2(C3=C(F)C=C(F)CC3)CO2)nc1)c1ccccc1. The number of allylic oxidation sites excluding steroid dienone is 3. The van der Waals surface area contributed by atoms with E-state index in [2.05, 4.69) is 4.98 Å². The fourth-order valence-corrected chi connectivity index (χ4v) is 3.48. The number of epoxide rings is 1. The van der Waals surface area contributed by atoms with Gasteiger partial charge in [0.15, 0.2) is 5.60 Å². The molecule has 0 bridgehead atoms. The molecular formula is C22H19F4NO3. The van der Waals surface area contributed by atoms with Crippen LogP contribution in [0.15, 0.2) is 72.0 Å². The first-order valence-corrected chi connectivity index (χ1v) is 9.43. The second-order valence-electron chi connectivity index (χ2n) is 7.22. The average Bonchev–Trinajstić information content (AvgIpc) is 3.55. The van der Waals surface area contributed by atoms with Gasteiger partial charge in [-0.05, 0) is 24.1 Å². The maximum Gasteiger partial charge on any atom is 0.324 e. The summed E-state index contributed by atoms with van der Waals surface area (Å²) in [6.07, 6.45) is 0.532. The summed E-state index contributed by atoms with van der Waals surface area (Å²) in [4.78, 5) is 3.77. The Hall–Kier alpha value is -2.71. The lowest BCUT2D eigenvalue weighted by Crippen LogP contribution is -2.38. The van der Waals surface area contributed by atoms with Crippen LogP contribution in [0.3, 0.4) is 0 Å². The van der Waals surface area contributed by atoms with Gasteiger partial charge in [0.2, 0.25) is 0 Å². The summed E-state index contributed by atoms with van der Waals surface area (Å²) < 4.78 is 68.1. The van der Waals surface area contributed by atoms with E-state index in [1.54, 1.807) is 24.3 Å². The highest BCUT2D eigenvalue weighted by molar-refractivity contribution is 5.41. The molecule has 0 radical (unpaired) electrons. The van der Waals surface area contributed by atoms with Crippen molar-refractivity contribution in [2.24, 2.45) is 0 Å². The zero-order valence-corrected chi connectivity index (χ0v) is 15.8. The standard InChI is InChI=1S/C22H19F4NO3/c23-15-6-8-17(18(24)10-15)21(13-30-21)22(25,26)20-9-7-16(11-27-20)29-12-19(28)14-4-2-1-3-5-14/h1-5,7,9-11,19,28H,6,8,12-13H2. The van der Waals surface area contributed by atoms with Gasteiger partial charge in [-0.15, -0.1) is 0 Å². The molecule has 2 aliphatic rings. The van der Waals surface area contributed by atoms with Gasteiger partial charge in [-0.2, -0.15) is 8.78 Å². The van der Waals surface area contributed by atoms with Crippen LogP contribution in [0.25, 0.3) is 0 Å². The van der Waals surface area contributed by atoms with E-state index in [4.69, 9.17) is 9.47 Å². The molecule has 2 atom stereocenters. The highest BCUT2D eigenvalue weighted by atomic mass is 19.3. The monoisotopic (exact) mass is 421 g/mol. The molecule has 2 heterocycles. The lowest BCUT2D eigenvalue weighted by molar-refractivity contribution is -0.0728. The predicted octanol–water partition coefficient (Wildman–Crippen LogP) is 4.93. The first-order valence-electron chi connectivity index (χ1n) is 9.43. The van der Waals surface area contributed by atoms with E-state index in [-0.39, 0.29) is 37.4 Å². The maximum atomic E-state index is 15.1. The van der Waals surface area contributed by atoms with Crippen LogP contribution in [0.1, 0.15) is 30.2 Å². The molecule has 1 saturated heterocycles. The van der Waals surface area contributed by atoms with Crippen molar-refractivity contribution in [1.82, 2.24) is 4.98 Å². The molecule has 1 aliphatic carbocycles. The van der Waals surface area contributed by atoms with Crippen LogP contribution in [-0.4, -0.2) is 28.9 Å². The van der Waals surface area contributed by atoms with E-state index in [9.17, 15) is 13.9 Å². The number of ether oxygens (including phenoxy) is 2. The zero-order valence-electron chi connectivity index (χ0n) is 15.8. The first kappa shape index (κ1) is 20.6. The molecule has 2 unspecified atom stereocenters. The predicted molar refractivity (Wildman–Crippen MR) is 100 cm³/mol. The Kier molecular flexibility index (Phi) is 5.38. The van der Waals surface area contributed by atoms with E-state index in [0.717, 1.165) is 12.3 Å². The topological polar surface area (TPSA) is 54.9 Å². The van der Waals surface area contributed by atoms with E-state index in [1.165, 1.54) is 6.07 Å². The number of aromatic nitrogens is 1. The number of pyridine rings is 1. The van der Waals surface area contributed by atoms with E-state index in [0.29, 0.717) is 11.6 Å². The Morgan fingerprint density at radius 2 is 1.87 bits per heavy atom. The molecule has 0 saturated carbocycles. The lowest BCUT2D eigenvalue weighted by atomic mass is 9.85.